The Morgan fingerprint density at radius 1 is 1.08 bits per heavy atom. The third-order valence-electron chi connectivity index (χ3n) is 3.20. The first kappa shape index (κ1) is 19.4. The minimum Gasteiger partial charge on any atom is -0.505 e. The van der Waals surface area contributed by atoms with Crippen molar-refractivity contribution in [2.75, 3.05) is 31.2 Å². The molecule has 0 radical (unpaired) electrons. The predicted molar refractivity (Wildman–Crippen MR) is 88.3 cm³/mol. The highest BCUT2D eigenvalue weighted by atomic mass is 16.5. The van der Waals surface area contributed by atoms with E-state index in [0.29, 0.717) is 32.0 Å². The summed E-state index contributed by atoms with van der Waals surface area (Å²) < 4.78 is 9.78. The summed E-state index contributed by atoms with van der Waals surface area (Å²) in [5, 5.41) is 12.5. The van der Waals surface area contributed by atoms with Crippen molar-refractivity contribution in [2.45, 2.75) is 26.7 Å². The van der Waals surface area contributed by atoms with Crippen molar-refractivity contribution in [3.05, 3.63) is 23.1 Å². The fraction of sp³-hybridized carbons (Fsp3) is 0.500. The SMILES string of the molecule is CCOC(=O)CCN(CCC(=O)OCC)c1ccc(N=O)c(O)c1. The third kappa shape index (κ3) is 6.23. The molecule has 0 spiro atoms. The number of ether oxygens (including phenoxy) is 2. The Morgan fingerprint density at radius 3 is 2.04 bits per heavy atom. The van der Waals surface area contributed by atoms with Gasteiger partial charge in [0.1, 0.15) is 11.4 Å². The third-order valence-corrected chi connectivity index (χ3v) is 3.20. The number of hydrogen-bond acceptors (Lipinski definition) is 8. The molecule has 24 heavy (non-hydrogen) atoms. The van der Waals surface area contributed by atoms with Crippen molar-refractivity contribution in [3.63, 3.8) is 0 Å². The molecule has 0 saturated heterocycles. The van der Waals surface area contributed by atoms with Crippen molar-refractivity contribution in [2.24, 2.45) is 5.18 Å². The average molecular weight is 338 g/mol. The Morgan fingerprint density at radius 2 is 1.62 bits per heavy atom. The van der Waals surface area contributed by atoms with Crippen molar-refractivity contribution in [1.29, 1.82) is 0 Å². The molecule has 0 unspecified atom stereocenters. The number of anilines is 1. The maximum Gasteiger partial charge on any atom is 0.307 e. The molecule has 132 valence electrons. The van der Waals surface area contributed by atoms with Gasteiger partial charge in [-0.3, -0.25) is 9.59 Å². The lowest BCUT2D eigenvalue weighted by Crippen LogP contribution is -2.29. The fourth-order valence-electron chi connectivity index (χ4n) is 2.07. The van der Waals surface area contributed by atoms with Gasteiger partial charge in [0.2, 0.25) is 0 Å². The summed E-state index contributed by atoms with van der Waals surface area (Å²) in [6.07, 6.45) is 0.260. The Kier molecular flexibility index (Phi) is 8.24. The molecule has 0 bridgehead atoms. The quantitative estimate of drug-likeness (QED) is 0.516. The van der Waals surface area contributed by atoms with Crippen LogP contribution in [-0.4, -0.2) is 43.3 Å². The molecule has 0 fully saturated rings. The monoisotopic (exact) mass is 338 g/mol. The first-order chi connectivity index (χ1) is 11.5. The van der Waals surface area contributed by atoms with Crippen LogP contribution in [0.2, 0.25) is 0 Å². The largest absolute Gasteiger partial charge is 0.505 e. The smallest absolute Gasteiger partial charge is 0.307 e. The first-order valence-corrected chi connectivity index (χ1v) is 7.74. The summed E-state index contributed by atoms with van der Waals surface area (Å²) in [5.74, 6) is -0.970. The van der Waals surface area contributed by atoms with Crippen LogP contribution in [0.4, 0.5) is 11.4 Å². The summed E-state index contributed by atoms with van der Waals surface area (Å²) in [5.41, 5.74) is 0.489. The van der Waals surface area contributed by atoms with E-state index in [-0.39, 0.29) is 36.2 Å². The molecule has 0 amide bonds. The lowest BCUT2D eigenvalue weighted by atomic mass is 10.2. The van der Waals surface area contributed by atoms with Crippen LogP contribution in [-0.2, 0) is 19.1 Å². The van der Waals surface area contributed by atoms with E-state index < -0.39 is 0 Å². The van der Waals surface area contributed by atoms with Crippen molar-refractivity contribution in [1.82, 2.24) is 0 Å². The van der Waals surface area contributed by atoms with Crippen LogP contribution in [0.1, 0.15) is 26.7 Å². The minimum atomic E-state index is -0.353. The molecule has 1 aromatic rings. The van der Waals surface area contributed by atoms with E-state index in [1.54, 1.807) is 24.8 Å². The highest BCUT2D eigenvalue weighted by molar-refractivity contribution is 5.72. The fourth-order valence-corrected chi connectivity index (χ4v) is 2.07. The summed E-state index contributed by atoms with van der Waals surface area (Å²) in [7, 11) is 0. The zero-order valence-electron chi connectivity index (χ0n) is 13.9. The van der Waals surface area contributed by atoms with E-state index in [4.69, 9.17) is 9.47 Å². The number of aromatic hydroxyl groups is 1. The molecule has 0 saturated carbocycles. The van der Waals surface area contributed by atoms with Gasteiger partial charge in [-0.1, -0.05) is 0 Å². The Labute approximate surface area is 140 Å². The van der Waals surface area contributed by atoms with Gasteiger partial charge in [-0.25, -0.2) is 0 Å². The highest BCUT2D eigenvalue weighted by Crippen LogP contribution is 2.31. The standard InChI is InChI=1S/C16H22N2O6/c1-3-23-15(20)7-9-18(10-8-16(21)24-4-2)12-5-6-13(17-22)14(19)11-12/h5-6,11,19H,3-4,7-10H2,1-2H3. The molecule has 0 heterocycles. The maximum absolute atomic E-state index is 11.5. The number of nitroso groups, excluding NO2 is 1. The number of carbonyl (C=O) groups is 2. The molecular formula is C16H22N2O6. The summed E-state index contributed by atoms with van der Waals surface area (Å²) >= 11 is 0. The first-order valence-electron chi connectivity index (χ1n) is 7.74. The number of esters is 2. The van der Waals surface area contributed by atoms with E-state index in [2.05, 4.69) is 5.18 Å². The molecule has 1 aromatic carbocycles. The van der Waals surface area contributed by atoms with E-state index >= 15 is 0 Å². The molecular weight excluding hydrogens is 316 g/mol. The predicted octanol–water partition coefficient (Wildman–Crippen LogP) is 2.50. The Bertz CT molecular complexity index is 554. The van der Waals surface area contributed by atoms with Crippen molar-refractivity contribution in [3.8, 4) is 5.75 Å². The second kappa shape index (κ2) is 10.2. The van der Waals surface area contributed by atoms with E-state index in [0.717, 1.165) is 0 Å². The van der Waals surface area contributed by atoms with Gasteiger partial charge in [-0.15, -0.1) is 4.91 Å². The van der Waals surface area contributed by atoms with Crippen molar-refractivity contribution < 1.29 is 24.2 Å². The van der Waals surface area contributed by atoms with Crippen molar-refractivity contribution >= 4 is 23.3 Å². The number of phenolic OH excluding ortho intramolecular Hbond substituents is 1. The van der Waals surface area contributed by atoms with Crippen LogP contribution in [0.25, 0.3) is 0 Å². The highest BCUT2D eigenvalue weighted by Gasteiger charge is 2.14. The van der Waals surface area contributed by atoms with Crippen LogP contribution in [0, 0.1) is 4.91 Å². The van der Waals surface area contributed by atoms with Gasteiger partial charge in [0.15, 0.2) is 0 Å². The van der Waals surface area contributed by atoms with Gasteiger partial charge < -0.3 is 19.5 Å². The normalized spacial score (nSPS) is 10.1. The van der Waals surface area contributed by atoms with Gasteiger partial charge >= 0.3 is 11.9 Å². The van der Waals surface area contributed by atoms with Gasteiger partial charge in [-0.05, 0) is 31.2 Å². The van der Waals surface area contributed by atoms with Crippen LogP contribution < -0.4 is 4.90 Å². The molecule has 0 aliphatic carbocycles. The molecule has 0 aromatic heterocycles. The zero-order valence-corrected chi connectivity index (χ0v) is 13.9. The van der Waals surface area contributed by atoms with Crippen LogP contribution in [0.15, 0.2) is 23.4 Å². The summed E-state index contributed by atoms with van der Waals surface area (Å²) in [6.45, 7) is 4.63. The number of phenols is 1. The number of nitrogens with zero attached hydrogens (tertiary/aromatic N) is 2. The van der Waals surface area contributed by atoms with E-state index in [9.17, 15) is 19.6 Å². The second-order valence-corrected chi connectivity index (χ2v) is 4.86. The Hall–Kier alpha value is -2.64. The van der Waals surface area contributed by atoms with Gasteiger partial charge in [0, 0.05) is 24.8 Å². The molecule has 0 aliphatic heterocycles. The summed E-state index contributed by atoms with van der Waals surface area (Å²) in [4.78, 5) is 35.4. The number of carbonyl (C=O) groups excluding carboxylic acids is 2. The summed E-state index contributed by atoms with van der Waals surface area (Å²) in [6, 6.07) is 4.33. The van der Waals surface area contributed by atoms with Crippen LogP contribution in [0.5, 0.6) is 5.75 Å². The minimum absolute atomic E-state index is 0.0746. The molecule has 8 nitrogen and oxygen atoms in total. The molecule has 8 heteroatoms. The number of rotatable bonds is 10. The van der Waals surface area contributed by atoms with Gasteiger partial charge in [-0.2, -0.15) is 0 Å². The van der Waals surface area contributed by atoms with E-state index in [1.165, 1.54) is 12.1 Å². The molecule has 0 aliphatic rings. The molecule has 1 rings (SSSR count). The van der Waals surface area contributed by atoms with Crippen LogP contribution >= 0.6 is 0 Å². The molecule has 1 N–H and O–H groups in total. The zero-order chi connectivity index (χ0) is 17.9. The van der Waals surface area contributed by atoms with Crippen LogP contribution in [0.3, 0.4) is 0 Å². The van der Waals surface area contributed by atoms with E-state index in [1.807, 2.05) is 0 Å². The number of hydrogen-bond donors (Lipinski definition) is 1. The number of benzene rings is 1. The lowest BCUT2D eigenvalue weighted by Gasteiger charge is -2.24. The molecule has 0 atom stereocenters. The maximum atomic E-state index is 11.5. The Balaban J connectivity index is 2.82. The van der Waals surface area contributed by atoms with Gasteiger partial charge in [0.05, 0.1) is 26.1 Å². The second-order valence-electron chi connectivity index (χ2n) is 4.86. The lowest BCUT2D eigenvalue weighted by molar-refractivity contribution is -0.143. The topological polar surface area (TPSA) is 106 Å². The average Bonchev–Trinajstić information content (AvgIpc) is 2.55. The van der Waals surface area contributed by atoms with Gasteiger partial charge in [0.25, 0.3) is 0 Å².